The van der Waals surface area contributed by atoms with Gasteiger partial charge in [-0.3, -0.25) is 0 Å². The maximum absolute atomic E-state index is 5.15. The number of aromatic nitrogens is 2. The first-order chi connectivity index (χ1) is 31.7. The van der Waals surface area contributed by atoms with Gasteiger partial charge in [0.25, 0.3) is 0 Å². The van der Waals surface area contributed by atoms with E-state index in [1.54, 1.807) is 0 Å². The van der Waals surface area contributed by atoms with E-state index in [-0.39, 0.29) is 0 Å². The zero-order valence-electron chi connectivity index (χ0n) is 34.8. The maximum atomic E-state index is 5.15. The van der Waals surface area contributed by atoms with Crippen LogP contribution in [0.4, 0.5) is 0 Å². The van der Waals surface area contributed by atoms with Crippen LogP contribution >= 0.6 is 0 Å². The van der Waals surface area contributed by atoms with E-state index in [1.807, 2.05) is 12.1 Å². The minimum absolute atomic E-state index is 0.852. The highest BCUT2D eigenvalue weighted by Crippen LogP contribution is 2.58. The van der Waals surface area contributed by atoms with Crippen LogP contribution in [-0.4, -0.2) is 9.97 Å². The van der Waals surface area contributed by atoms with E-state index in [0.29, 0.717) is 0 Å². The Kier molecular flexibility index (Phi) is 8.25. The zero-order chi connectivity index (χ0) is 42.1. The lowest BCUT2D eigenvalue weighted by Gasteiger charge is -2.20. The van der Waals surface area contributed by atoms with E-state index < -0.39 is 0 Å². The predicted molar refractivity (Wildman–Crippen MR) is 269 cm³/mol. The van der Waals surface area contributed by atoms with E-state index in [2.05, 4.69) is 218 Å². The van der Waals surface area contributed by atoms with Gasteiger partial charge in [-0.15, -0.1) is 0 Å². The van der Waals surface area contributed by atoms with Crippen LogP contribution in [0, 0.1) is 0 Å². The minimum Gasteiger partial charge on any atom is -0.246 e. The molecule has 0 saturated heterocycles. The standard InChI is InChI=1S/C62H38N2/c1-3-15-40(16-4-1)58-50-20-9-10-21-51(50)59(41-17-5-2-6-18-41)62-53-35-34-48(49-22-11-23-52(60(49)53)61(58)62)45-31-29-44-38-47(33-30-43(44)36-45)55-25-13-27-57(64-55)56-26-12-24-54(63-56)46-32-28-39-14-7-8-19-42(39)37-46/h1-38H. The summed E-state index contributed by atoms with van der Waals surface area (Å²) in [6.45, 7) is 0. The summed E-state index contributed by atoms with van der Waals surface area (Å²) in [5.41, 5.74) is 18.5. The van der Waals surface area contributed by atoms with Crippen molar-refractivity contribution in [3.8, 4) is 89.5 Å². The van der Waals surface area contributed by atoms with Gasteiger partial charge in [0.15, 0.2) is 0 Å². The van der Waals surface area contributed by atoms with Gasteiger partial charge in [-0.05, 0) is 141 Å². The molecule has 2 aromatic heterocycles. The highest BCUT2D eigenvalue weighted by atomic mass is 14.8. The zero-order valence-corrected chi connectivity index (χ0v) is 34.8. The van der Waals surface area contributed by atoms with Gasteiger partial charge in [0.05, 0.1) is 22.8 Å². The van der Waals surface area contributed by atoms with Gasteiger partial charge in [-0.1, -0.05) is 188 Å². The number of hydrogen-bond acceptors (Lipinski definition) is 2. The first-order valence-corrected chi connectivity index (χ1v) is 22.0. The van der Waals surface area contributed by atoms with Gasteiger partial charge in [0, 0.05) is 11.1 Å². The largest absolute Gasteiger partial charge is 0.246 e. The number of rotatable bonds is 6. The molecule has 12 aromatic rings. The first kappa shape index (κ1) is 36.2. The molecule has 0 amide bonds. The Morgan fingerprint density at radius 1 is 0.219 bits per heavy atom. The Labute approximate surface area is 371 Å². The van der Waals surface area contributed by atoms with Crippen molar-refractivity contribution in [3.63, 3.8) is 0 Å². The molecule has 0 radical (unpaired) electrons. The average molecular weight is 811 g/mol. The van der Waals surface area contributed by atoms with Crippen LogP contribution in [-0.2, 0) is 0 Å². The second-order valence-electron chi connectivity index (χ2n) is 16.8. The number of benzene rings is 10. The fourth-order valence-corrected chi connectivity index (χ4v) is 10.3. The summed E-state index contributed by atoms with van der Waals surface area (Å²) in [4.78, 5) is 10.2. The van der Waals surface area contributed by atoms with Crippen LogP contribution in [0.5, 0.6) is 0 Å². The second-order valence-corrected chi connectivity index (χ2v) is 16.8. The Morgan fingerprint density at radius 2 is 0.641 bits per heavy atom. The lowest BCUT2D eigenvalue weighted by molar-refractivity contribution is 1.25. The predicted octanol–water partition coefficient (Wildman–Crippen LogP) is 16.7. The first-order valence-electron chi connectivity index (χ1n) is 22.0. The summed E-state index contributed by atoms with van der Waals surface area (Å²) >= 11 is 0. The normalized spacial score (nSPS) is 11.8. The molecule has 0 spiro atoms. The van der Waals surface area contributed by atoms with Crippen molar-refractivity contribution in [2.24, 2.45) is 0 Å². The van der Waals surface area contributed by atoms with Gasteiger partial charge < -0.3 is 0 Å². The number of fused-ring (bicyclic) bond motifs is 6. The van der Waals surface area contributed by atoms with Gasteiger partial charge >= 0.3 is 0 Å². The Balaban J connectivity index is 0.895. The highest BCUT2D eigenvalue weighted by Gasteiger charge is 2.31. The molecule has 64 heavy (non-hydrogen) atoms. The Morgan fingerprint density at radius 3 is 1.25 bits per heavy atom. The molecule has 1 aliphatic rings. The van der Waals surface area contributed by atoms with Crippen molar-refractivity contribution in [2.75, 3.05) is 0 Å². The van der Waals surface area contributed by atoms with Crippen molar-refractivity contribution in [1.82, 2.24) is 9.97 Å². The molecule has 0 unspecified atom stereocenters. The molecule has 0 aliphatic heterocycles. The Hall–Kier alpha value is -8.46. The summed E-state index contributed by atoms with van der Waals surface area (Å²) in [7, 11) is 0. The molecule has 0 fully saturated rings. The third-order valence-corrected chi connectivity index (χ3v) is 13.2. The third-order valence-electron chi connectivity index (χ3n) is 13.2. The summed E-state index contributed by atoms with van der Waals surface area (Å²) in [5.74, 6) is 0. The lowest BCUT2D eigenvalue weighted by Crippen LogP contribution is -1.93. The minimum atomic E-state index is 0.852. The van der Waals surface area contributed by atoms with Crippen LogP contribution in [0.25, 0.3) is 133 Å². The van der Waals surface area contributed by atoms with Gasteiger partial charge in [0.1, 0.15) is 0 Å². The van der Waals surface area contributed by atoms with Crippen molar-refractivity contribution >= 4 is 43.1 Å². The second kappa shape index (κ2) is 14.6. The topological polar surface area (TPSA) is 25.8 Å². The molecule has 296 valence electrons. The summed E-state index contributed by atoms with van der Waals surface area (Å²) in [6.07, 6.45) is 0. The highest BCUT2D eigenvalue weighted by molar-refractivity contribution is 6.28. The molecule has 0 N–H and O–H groups in total. The fraction of sp³-hybridized carbons (Fsp3) is 0. The molecule has 0 bridgehead atoms. The van der Waals surface area contributed by atoms with Crippen LogP contribution < -0.4 is 0 Å². The smallest absolute Gasteiger partial charge is 0.0893 e. The van der Waals surface area contributed by atoms with Crippen LogP contribution in [0.2, 0.25) is 0 Å². The quantitative estimate of drug-likeness (QED) is 0.167. The fourth-order valence-electron chi connectivity index (χ4n) is 10.3. The van der Waals surface area contributed by atoms with Crippen LogP contribution in [0.3, 0.4) is 0 Å². The van der Waals surface area contributed by atoms with Gasteiger partial charge in [-0.2, -0.15) is 0 Å². The maximum Gasteiger partial charge on any atom is 0.0893 e. The molecule has 1 aliphatic carbocycles. The molecule has 2 heteroatoms. The van der Waals surface area contributed by atoms with Crippen LogP contribution in [0.1, 0.15) is 0 Å². The molecule has 0 atom stereocenters. The number of pyridine rings is 2. The molecule has 2 nitrogen and oxygen atoms in total. The van der Waals surface area contributed by atoms with E-state index in [1.165, 1.54) is 98.7 Å². The number of hydrogen-bond donors (Lipinski definition) is 0. The summed E-state index contributed by atoms with van der Waals surface area (Å²) in [6, 6.07) is 83.4. The average Bonchev–Trinajstić information content (AvgIpc) is 3.70. The number of nitrogens with zero attached hydrogens (tertiary/aromatic N) is 2. The summed E-state index contributed by atoms with van der Waals surface area (Å²) in [5, 5.41) is 9.93. The van der Waals surface area contributed by atoms with Crippen LogP contribution in [0.15, 0.2) is 231 Å². The summed E-state index contributed by atoms with van der Waals surface area (Å²) < 4.78 is 0. The van der Waals surface area contributed by atoms with E-state index in [0.717, 1.165) is 33.9 Å². The molecular weight excluding hydrogens is 773 g/mol. The van der Waals surface area contributed by atoms with Crippen molar-refractivity contribution in [2.45, 2.75) is 0 Å². The van der Waals surface area contributed by atoms with E-state index in [9.17, 15) is 0 Å². The molecule has 13 rings (SSSR count). The Bertz CT molecular complexity index is 3740. The lowest BCUT2D eigenvalue weighted by atomic mass is 9.82. The molecule has 10 aromatic carbocycles. The monoisotopic (exact) mass is 810 g/mol. The van der Waals surface area contributed by atoms with Gasteiger partial charge in [-0.25, -0.2) is 9.97 Å². The van der Waals surface area contributed by atoms with Crippen molar-refractivity contribution in [1.29, 1.82) is 0 Å². The van der Waals surface area contributed by atoms with Crippen molar-refractivity contribution in [3.05, 3.63) is 231 Å². The van der Waals surface area contributed by atoms with E-state index in [4.69, 9.17) is 9.97 Å². The SMILES string of the molecule is c1ccc(-c2c3c(c(-c4ccccc4)c4ccccc24)-c2ccc(-c4ccc5cc(-c6cccc(-c7cccc(-c8ccc9ccccc9c8)n7)n6)ccc5c4)c4cccc-3c24)cc1. The molecule has 0 saturated carbocycles. The molecule has 2 heterocycles. The van der Waals surface area contributed by atoms with Crippen molar-refractivity contribution < 1.29 is 0 Å². The van der Waals surface area contributed by atoms with E-state index >= 15 is 0 Å². The van der Waals surface area contributed by atoms with Gasteiger partial charge in [0.2, 0.25) is 0 Å². The molecular formula is C62H38N2. The third kappa shape index (κ3) is 5.81.